The van der Waals surface area contributed by atoms with Crippen LogP contribution in [0.2, 0.25) is 0 Å². The zero-order valence-corrected chi connectivity index (χ0v) is 24.9. The summed E-state index contributed by atoms with van der Waals surface area (Å²) < 4.78 is 26.7. The van der Waals surface area contributed by atoms with Gasteiger partial charge in [0.15, 0.2) is 9.84 Å². The van der Waals surface area contributed by atoms with Crippen molar-refractivity contribution < 1.29 is 18.0 Å². The molecular formula is C33H34N4O5S. The number of sulfone groups is 1. The molecule has 43 heavy (non-hydrogen) atoms. The molecule has 1 aromatic heterocycles. The average molecular weight is 599 g/mol. The number of likely N-dealkylation sites (N-methyl/N-ethyl adjacent to an activating group) is 1. The van der Waals surface area contributed by atoms with Crippen molar-refractivity contribution in [3.8, 4) is 0 Å². The molecule has 9 nitrogen and oxygen atoms in total. The zero-order valence-electron chi connectivity index (χ0n) is 24.1. The van der Waals surface area contributed by atoms with Gasteiger partial charge in [0.25, 0.3) is 5.56 Å². The predicted molar refractivity (Wildman–Crippen MR) is 167 cm³/mol. The van der Waals surface area contributed by atoms with Gasteiger partial charge in [-0.3, -0.25) is 14.4 Å². The van der Waals surface area contributed by atoms with E-state index < -0.39 is 21.1 Å². The lowest BCUT2D eigenvalue weighted by molar-refractivity contribution is -0.131. The summed E-state index contributed by atoms with van der Waals surface area (Å²) in [5.74, 6) is -0.326. The first-order valence-corrected chi connectivity index (χ1v) is 16.0. The van der Waals surface area contributed by atoms with Crippen LogP contribution in [-0.4, -0.2) is 42.4 Å². The maximum Gasteiger partial charge on any atom is 0.255 e. The number of fused-ring (bicyclic) bond motifs is 10. The molecule has 3 aromatic carbocycles. The second-order valence-electron chi connectivity index (χ2n) is 11.6. The number of anilines is 2. The Labute approximate surface area is 250 Å². The Hall–Kier alpha value is -4.44. The molecule has 0 radical (unpaired) electrons. The van der Waals surface area contributed by atoms with Gasteiger partial charge in [0, 0.05) is 43.0 Å². The molecule has 2 aliphatic heterocycles. The monoisotopic (exact) mass is 598 g/mol. The summed E-state index contributed by atoms with van der Waals surface area (Å²) in [5.41, 5.74) is 3.10. The lowest BCUT2D eigenvalue weighted by atomic mass is 9.93. The van der Waals surface area contributed by atoms with Crippen molar-refractivity contribution in [1.29, 1.82) is 0 Å². The van der Waals surface area contributed by atoms with Crippen LogP contribution in [0, 0.1) is 0 Å². The quantitative estimate of drug-likeness (QED) is 0.300. The molecule has 4 bridgehead atoms. The lowest BCUT2D eigenvalue weighted by Gasteiger charge is -2.27. The molecule has 10 heteroatoms. The van der Waals surface area contributed by atoms with Crippen LogP contribution in [-0.2, 0) is 26.0 Å². The summed E-state index contributed by atoms with van der Waals surface area (Å²) in [4.78, 5) is 43.8. The van der Waals surface area contributed by atoms with E-state index >= 15 is 0 Å². The van der Waals surface area contributed by atoms with Crippen molar-refractivity contribution in [3.05, 3.63) is 100.0 Å². The summed E-state index contributed by atoms with van der Waals surface area (Å²) >= 11 is 0. The summed E-state index contributed by atoms with van der Waals surface area (Å²) in [6.07, 6.45) is 3.76. The largest absolute Gasteiger partial charge is 0.370 e. The number of amides is 2. The highest BCUT2D eigenvalue weighted by atomic mass is 32.2. The molecule has 7 rings (SSSR count). The van der Waals surface area contributed by atoms with Crippen LogP contribution in [0.1, 0.15) is 61.3 Å². The summed E-state index contributed by atoms with van der Waals surface area (Å²) in [5, 5.41) is 7.11. The average Bonchev–Trinajstić information content (AvgIpc) is 3.85. The van der Waals surface area contributed by atoms with Crippen LogP contribution in [0.25, 0.3) is 10.8 Å². The number of aromatic amines is 1. The summed E-state index contributed by atoms with van der Waals surface area (Å²) in [6, 6.07) is 19.0. The minimum Gasteiger partial charge on any atom is -0.370 e. The topological polar surface area (TPSA) is 128 Å². The Balaban J connectivity index is 1.41. The SMILES string of the molecule is C[C@H]1CCC(=O)Nc2ccc(S(=O)(=O)C3CC3)c(c2)CN(C)C(=O)[C@H](Nc2ccc3cc[nH]c(=O)c3c2)c2ccc1cc2. The third-order valence-corrected chi connectivity index (χ3v) is 10.7. The number of nitrogens with zero attached hydrogens (tertiary/aromatic N) is 1. The van der Waals surface area contributed by atoms with Gasteiger partial charge in [-0.1, -0.05) is 37.3 Å². The molecule has 2 atom stereocenters. The van der Waals surface area contributed by atoms with E-state index in [0.717, 1.165) is 16.5 Å². The number of carbonyl (C=O) groups excluding carboxylic acids is 2. The third kappa shape index (κ3) is 5.92. The van der Waals surface area contributed by atoms with Crippen LogP contribution in [0.15, 0.2) is 82.6 Å². The third-order valence-electron chi connectivity index (χ3n) is 8.37. The molecule has 0 saturated heterocycles. The molecule has 1 aliphatic carbocycles. The van der Waals surface area contributed by atoms with Gasteiger partial charge in [0.1, 0.15) is 6.04 Å². The molecule has 1 saturated carbocycles. The highest BCUT2D eigenvalue weighted by Crippen LogP contribution is 2.36. The van der Waals surface area contributed by atoms with E-state index in [9.17, 15) is 22.8 Å². The number of hydrogen-bond acceptors (Lipinski definition) is 6. The molecule has 3 aliphatic rings. The molecule has 3 N–H and O–H groups in total. The standard InChI is InChI=1S/C33H34N4O5S/c1-20-3-14-30(38)35-25-10-13-29(43(41,42)27-11-12-27)24(17-25)19-37(2)33(40)31(23-6-4-21(20)5-7-23)36-26-9-8-22-15-16-34-32(39)28(22)18-26/h4-10,13,15-18,20,27,31,36H,3,11-12,14,19H2,1-2H3,(H,34,39)(H,35,38)/t20-,31+/m0/s1. The van der Waals surface area contributed by atoms with Gasteiger partial charge in [0.05, 0.1) is 10.1 Å². The molecule has 2 amide bonds. The molecular weight excluding hydrogens is 564 g/mol. The van der Waals surface area contributed by atoms with Crippen molar-refractivity contribution in [3.63, 3.8) is 0 Å². The number of hydrogen-bond donors (Lipinski definition) is 3. The first-order chi connectivity index (χ1) is 20.6. The van der Waals surface area contributed by atoms with Gasteiger partial charge in [-0.25, -0.2) is 8.42 Å². The molecule has 4 aromatic rings. The number of aromatic nitrogens is 1. The van der Waals surface area contributed by atoms with E-state index in [1.165, 1.54) is 4.90 Å². The van der Waals surface area contributed by atoms with Crippen molar-refractivity contribution in [1.82, 2.24) is 9.88 Å². The minimum atomic E-state index is -3.57. The highest BCUT2D eigenvalue weighted by molar-refractivity contribution is 7.92. The van der Waals surface area contributed by atoms with Gasteiger partial charge < -0.3 is 20.5 Å². The second kappa shape index (κ2) is 11.3. The molecule has 0 spiro atoms. The Morgan fingerprint density at radius 3 is 2.37 bits per heavy atom. The van der Waals surface area contributed by atoms with Gasteiger partial charge in [-0.2, -0.15) is 0 Å². The fraction of sp³-hybridized carbons (Fsp3) is 0.303. The summed E-state index contributed by atoms with van der Waals surface area (Å²) in [6.45, 7) is 2.08. The molecule has 3 heterocycles. The second-order valence-corrected chi connectivity index (χ2v) is 13.8. The Kier molecular flexibility index (Phi) is 7.56. The van der Waals surface area contributed by atoms with Crippen molar-refractivity contribution in [2.45, 2.75) is 61.3 Å². The zero-order chi connectivity index (χ0) is 30.3. The Morgan fingerprint density at radius 1 is 0.884 bits per heavy atom. The van der Waals surface area contributed by atoms with E-state index in [1.54, 1.807) is 37.5 Å². The fourth-order valence-electron chi connectivity index (χ4n) is 5.65. The van der Waals surface area contributed by atoms with E-state index in [-0.39, 0.29) is 34.7 Å². The van der Waals surface area contributed by atoms with Crippen LogP contribution in [0.4, 0.5) is 11.4 Å². The van der Waals surface area contributed by atoms with Crippen LogP contribution >= 0.6 is 0 Å². The van der Waals surface area contributed by atoms with Crippen LogP contribution in [0.3, 0.4) is 0 Å². The molecule has 222 valence electrons. The van der Waals surface area contributed by atoms with E-state index in [4.69, 9.17) is 0 Å². The number of carbonyl (C=O) groups is 2. The number of pyridine rings is 1. The normalized spacial score (nSPS) is 19.8. The maximum absolute atomic E-state index is 14.2. The number of benzene rings is 3. The lowest BCUT2D eigenvalue weighted by Crippen LogP contribution is -2.35. The van der Waals surface area contributed by atoms with Crippen molar-refractivity contribution in [2.75, 3.05) is 17.7 Å². The molecule has 0 unspecified atom stereocenters. The van der Waals surface area contributed by atoms with E-state index in [0.29, 0.717) is 48.0 Å². The maximum atomic E-state index is 14.2. The first-order valence-electron chi connectivity index (χ1n) is 14.5. The molecule has 1 fully saturated rings. The summed E-state index contributed by atoms with van der Waals surface area (Å²) in [7, 11) is -1.93. The van der Waals surface area contributed by atoms with E-state index in [2.05, 4.69) is 22.5 Å². The fourth-order valence-corrected chi connectivity index (χ4v) is 7.51. The number of H-pyrrole nitrogens is 1. The van der Waals surface area contributed by atoms with Gasteiger partial charge in [-0.05, 0) is 83.7 Å². The highest BCUT2D eigenvalue weighted by Gasteiger charge is 2.38. The van der Waals surface area contributed by atoms with Crippen LogP contribution < -0.4 is 16.2 Å². The minimum absolute atomic E-state index is 0.0223. The number of nitrogens with one attached hydrogen (secondary N) is 3. The Morgan fingerprint density at radius 2 is 1.63 bits per heavy atom. The van der Waals surface area contributed by atoms with Crippen molar-refractivity contribution >= 4 is 43.8 Å². The predicted octanol–water partition coefficient (Wildman–Crippen LogP) is 5.11. The van der Waals surface area contributed by atoms with Gasteiger partial charge >= 0.3 is 0 Å². The van der Waals surface area contributed by atoms with Crippen LogP contribution in [0.5, 0.6) is 0 Å². The van der Waals surface area contributed by atoms with Crippen molar-refractivity contribution in [2.24, 2.45) is 0 Å². The smallest absolute Gasteiger partial charge is 0.255 e. The van der Waals surface area contributed by atoms with Gasteiger partial charge in [-0.15, -0.1) is 0 Å². The van der Waals surface area contributed by atoms with E-state index in [1.807, 2.05) is 42.5 Å². The Bertz CT molecular complexity index is 1880. The van der Waals surface area contributed by atoms with Gasteiger partial charge in [0.2, 0.25) is 11.8 Å². The number of rotatable bonds is 4. The first kappa shape index (κ1) is 28.7.